The molecule has 10 heteroatoms. The minimum absolute atomic E-state index is 0.0788. The summed E-state index contributed by atoms with van der Waals surface area (Å²) in [6.45, 7) is -0.561. The van der Waals surface area contributed by atoms with Gasteiger partial charge in [-0.15, -0.1) is 0 Å². The Morgan fingerprint density at radius 3 is 2.41 bits per heavy atom. The van der Waals surface area contributed by atoms with Gasteiger partial charge in [0, 0.05) is 22.6 Å². The summed E-state index contributed by atoms with van der Waals surface area (Å²) in [5.41, 5.74) is 5.85. The molecular weight excluding hydrogens is 420 g/mol. The third-order valence-electron chi connectivity index (χ3n) is 4.52. The summed E-state index contributed by atoms with van der Waals surface area (Å²) in [7, 11) is 4.47. The smallest absolute Gasteiger partial charge is 0.310 e. The van der Waals surface area contributed by atoms with E-state index in [4.69, 9.17) is 23.4 Å². The Morgan fingerprint density at radius 2 is 1.69 bits per heavy atom. The first-order valence-corrected chi connectivity index (χ1v) is 9.46. The number of esters is 1. The lowest BCUT2D eigenvalue weighted by Gasteiger charge is -2.11. The average Bonchev–Trinajstić information content (AvgIpc) is 3.22. The molecule has 0 bridgehead atoms. The number of hydrazine groups is 1. The highest BCUT2D eigenvalue weighted by Crippen LogP contribution is 2.27. The van der Waals surface area contributed by atoms with Gasteiger partial charge in [-0.2, -0.15) is 0 Å². The lowest BCUT2D eigenvalue weighted by molar-refractivity contribution is -0.148. The maximum Gasteiger partial charge on any atom is 0.310 e. The first-order valence-electron chi connectivity index (χ1n) is 9.46. The van der Waals surface area contributed by atoms with Gasteiger partial charge in [0.05, 0.1) is 34.0 Å². The molecule has 168 valence electrons. The predicted octanol–water partition coefficient (Wildman–Crippen LogP) is 2.01. The highest BCUT2D eigenvalue weighted by molar-refractivity contribution is 5.96. The second-order valence-electron chi connectivity index (χ2n) is 6.53. The number of benzene rings is 2. The molecule has 10 nitrogen and oxygen atoms in total. The molecule has 0 unspecified atom stereocenters. The lowest BCUT2D eigenvalue weighted by Crippen LogP contribution is -2.43. The van der Waals surface area contributed by atoms with Gasteiger partial charge in [-0.05, 0) is 30.3 Å². The van der Waals surface area contributed by atoms with Gasteiger partial charge in [0.15, 0.2) is 18.1 Å². The van der Waals surface area contributed by atoms with E-state index < -0.39 is 24.4 Å². The van der Waals surface area contributed by atoms with Gasteiger partial charge in [0.1, 0.15) is 11.3 Å². The number of rotatable bonds is 8. The van der Waals surface area contributed by atoms with Crippen LogP contribution in [0.1, 0.15) is 15.9 Å². The van der Waals surface area contributed by atoms with Crippen molar-refractivity contribution >= 4 is 28.8 Å². The first-order chi connectivity index (χ1) is 15.4. The normalized spacial score (nSPS) is 10.3. The largest absolute Gasteiger partial charge is 0.497 e. The van der Waals surface area contributed by atoms with Gasteiger partial charge < -0.3 is 23.4 Å². The number of carbonyl (C=O) groups excluding carboxylic acids is 3. The summed E-state index contributed by atoms with van der Waals surface area (Å²) in [6.07, 6.45) is 1.37. The molecule has 0 aliphatic rings. The molecule has 0 saturated carbocycles. The lowest BCUT2D eigenvalue weighted by atomic mass is 10.1. The molecule has 0 aliphatic carbocycles. The molecule has 0 atom stereocenters. The van der Waals surface area contributed by atoms with E-state index in [1.807, 2.05) is 0 Å². The van der Waals surface area contributed by atoms with Crippen LogP contribution in [0.3, 0.4) is 0 Å². The fourth-order valence-corrected chi connectivity index (χ4v) is 2.89. The minimum Gasteiger partial charge on any atom is -0.497 e. The van der Waals surface area contributed by atoms with Crippen molar-refractivity contribution in [1.29, 1.82) is 0 Å². The molecule has 0 fully saturated rings. The van der Waals surface area contributed by atoms with Crippen LogP contribution in [0.2, 0.25) is 0 Å². The number of methoxy groups -OCH3 is 3. The third-order valence-corrected chi connectivity index (χ3v) is 4.52. The fraction of sp³-hybridized carbons (Fsp3) is 0.227. The molecule has 1 aromatic heterocycles. The Labute approximate surface area is 183 Å². The van der Waals surface area contributed by atoms with Crippen LogP contribution in [-0.2, 0) is 20.7 Å². The Kier molecular flexibility index (Phi) is 7.17. The Bertz CT molecular complexity index is 1140. The summed E-state index contributed by atoms with van der Waals surface area (Å²) in [4.78, 5) is 36.2. The van der Waals surface area contributed by atoms with Crippen molar-refractivity contribution in [3.63, 3.8) is 0 Å². The van der Waals surface area contributed by atoms with Crippen LogP contribution in [-0.4, -0.2) is 45.7 Å². The summed E-state index contributed by atoms with van der Waals surface area (Å²) < 4.78 is 25.8. The summed E-state index contributed by atoms with van der Waals surface area (Å²) >= 11 is 0. The van der Waals surface area contributed by atoms with E-state index in [1.165, 1.54) is 32.6 Å². The zero-order chi connectivity index (χ0) is 23.1. The van der Waals surface area contributed by atoms with E-state index >= 15 is 0 Å². The number of amides is 2. The molecular formula is C22H22N2O8. The molecule has 1 heterocycles. The number of fused-ring (bicyclic) bond motifs is 1. The van der Waals surface area contributed by atoms with Crippen molar-refractivity contribution < 1.29 is 37.7 Å². The predicted molar refractivity (Wildman–Crippen MR) is 113 cm³/mol. The van der Waals surface area contributed by atoms with E-state index in [0.29, 0.717) is 28.4 Å². The number of hydrogen-bond donors (Lipinski definition) is 2. The van der Waals surface area contributed by atoms with Crippen molar-refractivity contribution in [3.8, 4) is 17.2 Å². The number of hydrogen-bond acceptors (Lipinski definition) is 8. The molecule has 3 aromatic rings. The molecule has 0 saturated heterocycles. The summed E-state index contributed by atoms with van der Waals surface area (Å²) in [6, 6.07) is 9.77. The van der Waals surface area contributed by atoms with Crippen molar-refractivity contribution in [2.45, 2.75) is 6.42 Å². The zero-order valence-electron chi connectivity index (χ0n) is 17.7. The molecule has 32 heavy (non-hydrogen) atoms. The van der Waals surface area contributed by atoms with E-state index in [1.54, 1.807) is 31.4 Å². The number of ether oxygens (including phenoxy) is 4. The summed E-state index contributed by atoms with van der Waals surface area (Å²) in [5.74, 6) is -0.437. The molecule has 0 aliphatic heterocycles. The van der Waals surface area contributed by atoms with Crippen LogP contribution in [0.4, 0.5) is 0 Å². The minimum atomic E-state index is -0.700. The van der Waals surface area contributed by atoms with Crippen LogP contribution in [0.5, 0.6) is 17.2 Å². The average molecular weight is 442 g/mol. The molecule has 2 amide bonds. The summed E-state index contributed by atoms with van der Waals surface area (Å²) in [5, 5.41) is 0.745. The second-order valence-corrected chi connectivity index (χ2v) is 6.53. The van der Waals surface area contributed by atoms with Crippen molar-refractivity contribution in [1.82, 2.24) is 10.9 Å². The highest BCUT2D eigenvalue weighted by Gasteiger charge is 2.15. The van der Waals surface area contributed by atoms with Crippen LogP contribution < -0.4 is 25.1 Å². The third kappa shape index (κ3) is 5.28. The molecule has 2 N–H and O–H groups in total. The quantitative estimate of drug-likeness (QED) is 0.401. The van der Waals surface area contributed by atoms with E-state index in [9.17, 15) is 14.4 Å². The van der Waals surface area contributed by atoms with E-state index in [2.05, 4.69) is 10.9 Å². The van der Waals surface area contributed by atoms with Crippen molar-refractivity contribution in [3.05, 3.63) is 53.8 Å². The maximum absolute atomic E-state index is 12.2. The van der Waals surface area contributed by atoms with Crippen LogP contribution in [0.25, 0.3) is 11.0 Å². The van der Waals surface area contributed by atoms with Crippen LogP contribution in [0.15, 0.2) is 47.1 Å². The van der Waals surface area contributed by atoms with Gasteiger partial charge in [0.2, 0.25) is 0 Å². The van der Waals surface area contributed by atoms with Gasteiger partial charge in [-0.1, -0.05) is 0 Å². The highest BCUT2D eigenvalue weighted by atomic mass is 16.5. The van der Waals surface area contributed by atoms with Gasteiger partial charge in [0.25, 0.3) is 11.8 Å². The fourth-order valence-electron chi connectivity index (χ4n) is 2.89. The van der Waals surface area contributed by atoms with Crippen molar-refractivity contribution in [2.24, 2.45) is 0 Å². The molecule has 3 rings (SSSR count). The second kappa shape index (κ2) is 10.2. The van der Waals surface area contributed by atoms with Gasteiger partial charge >= 0.3 is 5.97 Å². The number of furan rings is 1. The maximum atomic E-state index is 12.2. The Morgan fingerprint density at radius 1 is 0.906 bits per heavy atom. The van der Waals surface area contributed by atoms with Gasteiger partial charge in [-0.3, -0.25) is 25.2 Å². The van der Waals surface area contributed by atoms with E-state index in [0.717, 1.165) is 5.39 Å². The number of carbonyl (C=O) groups is 3. The molecule has 0 spiro atoms. The molecule has 0 radical (unpaired) electrons. The Balaban J connectivity index is 1.47. The van der Waals surface area contributed by atoms with E-state index in [-0.39, 0.29) is 12.0 Å². The van der Waals surface area contributed by atoms with Crippen LogP contribution >= 0.6 is 0 Å². The standard InChI is InChI=1S/C22H22N2O8/c1-28-15-5-6-16-14(11-31-18(16)10-15)9-21(26)32-12-20(25)23-24-22(27)13-4-7-17(29-2)19(8-13)30-3/h4-8,10-11H,9,12H2,1-3H3,(H,23,25)(H,24,27). The topological polar surface area (TPSA) is 125 Å². The van der Waals surface area contributed by atoms with Gasteiger partial charge in [-0.25, -0.2) is 0 Å². The SMILES string of the molecule is COc1ccc2c(CC(=O)OCC(=O)NNC(=O)c3ccc(OC)c(OC)c3)coc2c1. The van der Waals surface area contributed by atoms with Crippen molar-refractivity contribution in [2.75, 3.05) is 27.9 Å². The zero-order valence-corrected chi connectivity index (χ0v) is 17.7. The first kappa shape index (κ1) is 22.5. The van der Waals surface area contributed by atoms with Crippen LogP contribution in [0, 0.1) is 0 Å². The number of nitrogens with one attached hydrogen (secondary N) is 2. The monoisotopic (exact) mass is 442 g/mol. The molecule has 2 aromatic carbocycles. The Hall–Kier alpha value is -4.21.